The predicted molar refractivity (Wildman–Crippen MR) is 355 cm³/mol. The number of phenolic OH excluding ortho intramolecular Hbond substituents is 3. The van der Waals surface area contributed by atoms with Crippen LogP contribution in [0.25, 0.3) is 32.7 Å². The second kappa shape index (κ2) is 24.1. The Hall–Kier alpha value is -7.64. The number of aliphatic hydroxyl groups excluding tert-OH is 2. The van der Waals surface area contributed by atoms with E-state index in [1.165, 1.54) is 41.2 Å². The second-order valence-electron chi connectivity index (χ2n) is 26.9. The normalized spacial score (nSPS) is 30.0. The van der Waals surface area contributed by atoms with Crippen molar-refractivity contribution in [3.63, 3.8) is 0 Å². The summed E-state index contributed by atoms with van der Waals surface area (Å²) in [5.74, 6) is 5.29. The quantitative estimate of drug-likeness (QED) is 0.0543. The summed E-state index contributed by atoms with van der Waals surface area (Å²) in [6, 6.07) is 50.9. The van der Waals surface area contributed by atoms with Gasteiger partial charge in [0.15, 0.2) is 23.0 Å². The van der Waals surface area contributed by atoms with Gasteiger partial charge in [-0.3, -0.25) is 9.59 Å². The third kappa shape index (κ3) is 10.9. The number of rotatable bonds is 5. The van der Waals surface area contributed by atoms with Crippen LogP contribution in [-0.2, 0) is 55.7 Å². The van der Waals surface area contributed by atoms with E-state index in [1.54, 1.807) is 12.1 Å². The molecule has 5 aliphatic carbocycles. The molecule has 0 unspecified atom stereocenters. The van der Waals surface area contributed by atoms with Gasteiger partial charge in [-0.1, -0.05) is 137 Å². The molecule has 3 fully saturated rings. The average molecular weight is 1250 g/mol. The molecule has 6 N–H and O–H groups in total. The van der Waals surface area contributed by atoms with E-state index < -0.39 is 76.1 Å². The zero-order valence-corrected chi connectivity index (χ0v) is 52.7. The molecule has 1 spiro atoms. The van der Waals surface area contributed by atoms with Crippen LogP contribution in [0.5, 0.6) is 28.7 Å². The molecule has 466 valence electrons. The van der Waals surface area contributed by atoms with Gasteiger partial charge in [-0.05, 0) is 207 Å². The van der Waals surface area contributed by atoms with E-state index in [9.17, 15) is 30.3 Å². The molecule has 3 saturated carbocycles. The van der Waals surface area contributed by atoms with Crippen LogP contribution in [0, 0.1) is 47.3 Å². The number of benzene rings is 8. The molecule has 12 nitrogen and oxygen atoms in total. The minimum atomic E-state index is -1.28. The number of aromatic hydroxyl groups is 3. The van der Waals surface area contributed by atoms with Crippen molar-refractivity contribution in [3.05, 3.63) is 196 Å². The lowest BCUT2D eigenvalue weighted by molar-refractivity contribution is -0.175. The molecular weight excluding hydrogens is 1180 g/mol. The van der Waals surface area contributed by atoms with Gasteiger partial charge in [0.25, 0.3) is 0 Å². The highest BCUT2D eigenvalue weighted by Gasteiger charge is 2.67. The lowest BCUT2D eigenvalue weighted by Gasteiger charge is -2.66. The third-order valence-corrected chi connectivity index (χ3v) is 24.2. The molecule has 0 aromatic heterocycles. The molecule has 14 atom stereocenters. The van der Waals surface area contributed by atoms with E-state index in [0.29, 0.717) is 63.1 Å². The van der Waals surface area contributed by atoms with Gasteiger partial charge in [-0.25, -0.2) is 0 Å². The van der Waals surface area contributed by atoms with E-state index in [-0.39, 0.29) is 60.2 Å². The maximum atomic E-state index is 17.1. The van der Waals surface area contributed by atoms with Crippen molar-refractivity contribution in [1.82, 2.24) is 5.32 Å². The number of methoxy groups -OCH3 is 1. The Morgan fingerprint density at radius 1 is 0.758 bits per heavy atom. The van der Waals surface area contributed by atoms with Gasteiger partial charge >= 0.3 is 11.9 Å². The van der Waals surface area contributed by atoms with Crippen molar-refractivity contribution in [1.29, 1.82) is 0 Å². The zero-order chi connectivity index (χ0) is 62.3. The van der Waals surface area contributed by atoms with E-state index in [1.807, 2.05) is 60.7 Å². The lowest BCUT2D eigenvalue weighted by Crippen LogP contribution is -2.65. The molecule has 7 aliphatic rings. The van der Waals surface area contributed by atoms with Crippen molar-refractivity contribution in [2.75, 3.05) is 26.0 Å². The Labute approximate surface area is 538 Å². The molecule has 2 aliphatic heterocycles. The van der Waals surface area contributed by atoms with Crippen LogP contribution in [0.4, 0.5) is 0 Å². The van der Waals surface area contributed by atoms with E-state index >= 15 is 4.79 Å². The number of phenols is 3. The van der Waals surface area contributed by atoms with Gasteiger partial charge in [0.1, 0.15) is 30.0 Å². The molecule has 8 aromatic rings. The number of carbonyl (C=O) groups excluding carboxylic acids is 2. The highest BCUT2D eigenvalue weighted by atomic mass is 33.1. The Balaban J connectivity index is 0.952. The minimum absolute atomic E-state index is 0.00915. The molecule has 91 heavy (non-hydrogen) atoms. The van der Waals surface area contributed by atoms with Crippen LogP contribution in [0.3, 0.4) is 0 Å². The Morgan fingerprint density at radius 2 is 1.57 bits per heavy atom. The number of esters is 2. The fourth-order valence-corrected chi connectivity index (χ4v) is 20.3. The monoisotopic (exact) mass is 1250 g/mol. The topological polar surface area (TPSA) is 184 Å². The van der Waals surface area contributed by atoms with Crippen molar-refractivity contribution >= 4 is 55.1 Å². The van der Waals surface area contributed by atoms with Crippen molar-refractivity contribution < 1.29 is 54.1 Å². The van der Waals surface area contributed by atoms with Gasteiger partial charge in [0.2, 0.25) is 0 Å². The van der Waals surface area contributed by atoms with Gasteiger partial charge in [-0.2, -0.15) is 0 Å². The second-order valence-corrected chi connectivity index (χ2v) is 29.5. The minimum Gasteiger partial charge on any atom is -0.508 e. The van der Waals surface area contributed by atoms with Crippen LogP contribution < -0.4 is 14.8 Å². The maximum Gasteiger partial charge on any atom is 0.316 e. The van der Waals surface area contributed by atoms with Gasteiger partial charge in [0.05, 0.1) is 18.6 Å². The lowest BCUT2D eigenvalue weighted by atomic mass is 9.38. The third-order valence-electron chi connectivity index (χ3n) is 21.6. The highest BCUT2D eigenvalue weighted by Crippen LogP contribution is 2.70. The Kier molecular flexibility index (Phi) is 15.8. The van der Waals surface area contributed by atoms with Gasteiger partial charge in [0, 0.05) is 55.4 Å². The summed E-state index contributed by atoms with van der Waals surface area (Å²) in [7, 11) is 4.38. The summed E-state index contributed by atoms with van der Waals surface area (Å²) in [5.41, 5.74) is 6.21. The molecule has 0 amide bonds. The summed E-state index contributed by atoms with van der Waals surface area (Å²) in [6.45, 7) is 2.57. The molecule has 2 heterocycles. The maximum absolute atomic E-state index is 17.1. The average Bonchev–Trinajstić information content (AvgIpc) is 0.681. The van der Waals surface area contributed by atoms with Gasteiger partial charge < -0.3 is 49.8 Å². The smallest absolute Gasteiger partial charge is 0.316 e. The number of hydrogen-bond acceptors (Lipinski definition) is 14. The standard InChI is InChI=1S/C77H75NO11S2/c1-43(79)88-70-33-58-32-63-61-35-72(68(82)28-53(61)26-64-67(81)36-65-62-34-69(83)71(86-2)29-54(62)27-66(70)77(65,74(63)64)56-20-17-49-12-6-7-13-50(49)24-56)87-41-73(84)91-90-42-48-22-45-15-16-47(21-44-9-4-3-5-10-44)40-78-39-46-11-8-14-51(23-46)60-31-57(80)25-52-18-19-55(30-59(52)60)76(37-45,38-48)75(85)89-58/h3-14,17-20,23-25,28-31,34-35,45,47-48,58,63-67,70,73-74,78,80-84H,21-22,26-27,32-33,36-42H2,1-2H3/t45-,47+,48+,58+,63+,64-,65+,66-,67+,70-,73-,74-,76-,77-/m1/s1. The fourth-order valence-electron chi connectivity index (χ4n) is 18.1. The van der Waals surface area contributed by atoms with E-state index in [2.05, 4.69) is 96.0 Å². The van der Waals surface area contributed by atoms with Crippen LogP contribution in [0.2, 0.25) is 0 Å². The summed E-state index contributed by atoms with van der Waals surface area (Å²) in [4.78, 5) is 31.2. The van der Waals surface area contributed by atoms with Crippen LogP contribution in [0.1, 0.15) is 102 Å². The SMILES string of the molecule is COc1cc2c(cc1O)[C@@H]1C[C@H](O)[C@H]3Cc4cc(O)c5cc4[C@@H]4C[C@@H](C[C@@H](OC(C)=O)[C@@H](C2)[C@]1(c1ccc2ccccc2c1)[C@@H]34)OC(=O)[C@@]12C[C@H](C#C[C@@H](Cc3ccccc3)CNCc3cccc(c3)-c3cc(O)cc4ccc1cc34)C[C@H](CSS[C@@H](O)CO5)C2. The Bertz CT molecular complexity index is 4220. The van der Waals surface area contributed by atoms with Crippen molar-refractivity contribution in [3.8, 4) is 51.7 Å². The van der Waals surface area contributed by atoms with Crippen molar-refractivity contribution in [2.45, 2.75) is 118 Å². The number of carbonyl (C=O) groups is 2. The molecule has 0 radical (unpaired) electrons. The number of hydrogen-bond donors (Lipinski definition) is 6. The zero-order valence-electron chi connectivity index (χ0n) is 51.1. The number of ether oxygens (including phenoxy) is 4. The molecule has 0 saturated heterocycles. The first-order valence-corrected chi connectivity index (χ1v) is 34.6. The first-order valence-electron chi connectivity index (χ1n) is 32.2. The van der Waals surface area contributed by atoms with E-state index in [4.69, 9.17) is 18.9 Å². The molecule has 11 bridgehead atoms. The van der Waals surface area contributed by atoms with Crippen LogP contribution in [0.15, 0.2) is 152 Å². The van der Waals surface area contributed by atoms with Gasteiger partial charge in [-0.15, -0.1) is 0 Å². The summed E-state index contributed by atoms with van der Waals surface area (Å²) in [6.07, 6.45) is 1.15. The summed E-state index contributed by atoms with van der Waals surface area (Å²) in [5, 5.41) is 67.7. The molecular formula is C77H75NO11S2. The summed E-state index contributed by atoms with van der Waals surface area (Å²) >= 11 is 0. The number of fused-ring (bicyclic) bond motifs is 11. The number of aliphatic hydroxyl groups is 2. The predicted octanol–water partition coefficient (Wildman–Crippen LogP) is 13.4. The van der Waals surface area contributed by atoms with E-state index in [0.717, 1.165) is 78.0 Å². The molecule has 15 rings (SSSR count). The largest absolute Gasteiger partial charge is 0.508 e. The molecule has 8 aromatic carbocycles. The van der Waals surface area contributed by atoms with Crippen LogP contribution in [-0.4, -0.2) is 87.2 Å². The molecule has 14 heteroatoms. The number of nitrogens with one attached hydrogen (secondary N) is 1. The van der Waals surface area contributed by atoms with Crippen LogP contribution >= 0.6 is 21.6 Å². The Morgan fingerprint density at radius 3 is 2.42 bits per heavy atom. The first kappa shape index (κ1) is 59.7. The summed E-state index contributed by atoms with van der Waals surface area (Å²) < 4.78 is 26.7. The van der Waals surface area contributed by atoms with Crippen molar-refractivity contribution in [2.24, 2.45) is 35.5 Å². The fraction of sp³-hybridized carbons (Fsp3) is 0.377. The highest BCUT2D eigenvalue weighted by molar-refractivity contribution is 8.76. The first-order chi connectivity index (χ1) is 44.2.